The van der Waals surface area contributed by atoms with Gasteiger partial charge in [0.25, 0.3) is 0 Å². The van der Waals surface area contributed by atoms with E-state index >= 15 is 0 Å². The summed E-state index contributed by atoms with van der Waals surface area (Å²) in [6, 6.07) is 0. The Morgan fingerprint density at radius 1 is 1.67 bits per heavy atom. The smallest absolute Gasteiger partial charge is 0.0612 e. The fourth-order valence-corrected chi connectivity index (χ4v) is 1.54. The van der Waals surface area contributed by atoms with Gasteiger partial charge in [-0.15, -0.1) is 0 Å². The molecule has 1 rings (SSSR count). The Kier molecular flexibility index (Phi) is 4.58. The zero-order chi connectivity index (χ0) is 8.81. The quantitative estimate of drug-likeness (QED) is 0.685. The second-order valence-corrected chi connectivity index (χ2v) is 3.33. The average Bonchev–Trinajstić information content (AvgIpc) is 2.15. The van der Waals surface area contributed by atoms with E-state index in [0.717, 1.165) is 25.9 Å². The molecule has 12 heavy (non-hydrogen) atoms. The summed E-state index contributed by atoms with van der Waals surface area (Å²) < 4.78 is 10.2. The summed E-state index contributed by atoms with van der Waals surface area (Å²) >= 11 is 0. The van der Waals surface area contributed by atoms with Gasteiger partial charge in [-0.25, -0.2) is 0 Å². The third kappa shape index (κ3) is 3.09. The largest absolute Gasteiger partial charge is 0.393 e. The van der Waals surface area contributed by atoms with E-state index in [9.17, 15) is 5.11 Å². The molecule has 1 N–H and O–H groups in total. The molecule has 2 unspecified atom stereocenters. The normalized spacial score (nSPS) is 27.0. The van der Waals surface area contributed by atoms with E-state index in [1.165, 1.54) is 0 Å². The fraction of sp³-hybridized carbons (Fsp3) is 1.00. The highest BCUT2D eigenvalue weighted by Crippen LogP contribution is 2.19. The first kappa shape index (κ1) is 9.96. The Labute approximate surface area is 73.7 Å². The summed E-state index contributed by atoms with van der Waals surface area (Å²) in [4.78, 5) is 0. The molecule has 0 amide bonds. The van der Waals surface area contributed by atoms with Crippen LogP contribution < -0.4 is 0 Å². The molecule has 2 atom stereocenters. The third-order valence-corrected chi connectivity index (χ3v) is 2.36. The lowest BCUT2D eigenvalue weighted by Gasteiger charge is -2.26. The summed E-state index contributed by atoms with van der Waals surface area (Å²) in [5.41, 5.74) is 0. The van der Waals surface area contributed by atoms with Crippen LogP contribution in [0.2, 0.25) is 0 Å². The highest BCUT2D eigenvalue weighted by Gasteiger charge is 2.21. The van der Waals surface area contributed by atoms with E-state index in [-0.39, 0.29) is 6.10 Å². The van der Waals surface area contributed by atoms with Crippen molar-refractivity contribution < 1.29 is 14.6 Å². The molecule has 0 spiro atoms. The lowest BCUT2D eigenvalue weighted by atomic mass is 9.94. The Balaban J connectivity index is 2.15. The van der Waals surface area contributed by atoms with E-state index in [1.54, 1.807) is 7.11 Å². The molecule has 0 radical (unpaired) electrons. The summed E-state index contributed by atoms with van der Waals surface area (Å²) in [6.45, 7) is 2.20. The van der Waals surface area contributed by atoms with Crippen molar-refractivity contribution in [3.05, 3.63) is 0 Å². The van der Waals surface area contributed by atoms with Crippen LogP contribution in [0.4, 0.5) is 0 Å². The summed E-state index contributed by atoms with van der Waals surface area (Å²) in [6.07, 6.45) is 2.65. The van der Waals surface area contributed by atoms with Crippen molar-refractivity contribution in [2.75, 3.05) is 26.9 Å². The molecule has 3 heteroatoms. The van der Waals surface area contributed by atoms with Crippen molar-refractivity contribution in [2.24, 2.45) is 5.92 Å². The van der Waals surface area contributed by atoms with Crippen molar-refractivity contribution in [1.82, 2.24) is 0 Å². The predicted molar refractivity (Wildman–Crippen MR) is 46.0 cm³/mol. The number of ether oxygens (including phenoxy) is 2. The average molecular weight is 174 g/mol. The number of aliphatic hydroxyl groups is 1. The minimum atomic E-state index is -0.245. The Morgan fingerprint density at radius 3 is 3.08 bits per heavy atom. The Bertz CT molecular complexity index is 110. The van der Waals surface area contributed by atoms with E-state index in [2.05, 4.69) is 0 Å². The maximum Gasteiger partial charge on any atom is 0.0612 e. The monoisotopic (exact) mass is 174 g/mol. The predicted octanol–water partition coefficient (Wildman–Crippen LogP) is 0.810. The molecule has 0 aromatic rings. The van der Waals surface area contributed by atoms with Crippen LogP contribution in [-0.2, 0) is 9.47 Å². The maximum absolute atomic E-state index is 9.65. The molecule has 1 heterocycles. The zero-order valence-corrected chi connectivity index (χ0v) is 7.66. The SMILES string of the molecule is COCCC(O)C1CCCOC1. The summed E-state index contributed by atoms with van der Waals surface area (Å²) in [7, 11) is 1.66. The molecule has 3 nitrogen and oxygen atoms in total. The molecule has 72 valence electrons. The van der Waals surface area contributed by atoms with Crippen LogP contribution in [0.15, 0.2) is 0 Å². The number of hydrogen-bond donors (Lipinski definition) is 1. The maximum atomic E-state index is 9.65. The van der Waals surface area contributed by atoms with Crippen LogP contribution >= 0.6 is 0 Å². The molecule has 1 fully saturated rings. The highest BCUT2D eigenvalue weighted by atomic mass is 16.5. The van der Waals surface area contributed by atoms with Gasteiger partial charge in [0.05, 0.1) is 12.7 Å². The van der Waals surface area contributed by atoms with Gasteiger partial charge in [-0.05, 0) is 19.3 Å². The van der Waals surface area contributed by atoms with Gasteiger partial charge in [-0.3, -0.25) is 0 Å². The van der Waals surface area contributed by atoms with Crippen LogP contribution in [0.5, 0.6) is 0 Å². The van der Waals surface area contributed by atoms with Gasteiger partial charge < -0.3 is 14.6 Å². The van der Waals surface area contributed by atoms with Crippen LogP contribution in [-0.4, -0.2) is 38.1 Å². The van der Waals surface area contributed by atoms with Crippen molar-refractivity contribution in [3.8, 4) is 0 Å². The van der Waals surface area contributed by atoms with Gasteiger partial charge in [0.2, 0.25) is 0 Å². The number of rotatable bonds is 4. The van der Waals surface area contributed by atoms with Gasteiger partial charge in [0.15, 0.2) is 0 Å². The van der Waals surface area contributed by atoms with E-state index in [4.69, 9.17) is 9.47 Å². The van der Waals surface area contributed by atoms with Crippen molar-refractivity contribution >= 4 is 0 Å². The third-order valence-electron chi connectivity index (χ3n) is 2.36. The van der Waals surface area contributed by atoms with Crippen LogP contribution in [0.25, 0.3) is 0 Å². The summed E-state index contributed by atoms with van der Waals surface area (Å²) in [5.74, 6) is 0.328. The Morgan fingerprint density at radius 2 is 2.50 bits per heavy atom. The molecule has 0 bridgehead atoms. The highest BCUT2D eigenvalue weighted by molar-refractivity contribution is 4.71. The molecule has 0 aliphatic carbocycles. The standard InChI is InChI=1S/C9H18O3/c1-11-6-4-9(10)8-3-2-5-12-7-8/h8-10H,2-7H2,1H3. The summed E-state index contributed by atoms with van der Waals surface area (Å²) in [5, 5.41) is 9.65. The molecular formula is C9H18O3. The lowest BCUT2D eigenvalue weighted by Crippen LogP contribution is -2.29. The van der Waals surface area contributed by atoms with E-state index < -0.39 is 0 Å². The molecule has 1 aliphatic heterocycles. The van der Waals surface area contributed by atoms with Gasteiger partial charge in [-0.1, -0.05) is 0 Å². The zero-order valence-electron chi connectivity index (χ0n) is 7.66. The molecule has 0 aromatic heterocycles. The number of aliphatic hydroxyl groups excluding tert-OH is 1. The van der Waals surface area contributed by atoms with Crippen LogP contribution in [0, 0.1) is 5.92 Å². The van der Waals surface area contributed by atoms with Gasteiger partial charge in [0, 0.05) is 26.2 Å². The molecule has 1 saturated heterocycles. The fourth-order valence-electron chi connectivity index (χ4n) is 1.54. The second kappa shape index (κ2) is 5.51. The second-order valence-electron chi connectivity index (χ2n) is 3.33. The first-order valence-corrected chi connectivity index (χ1v) is 4.59. The van der Waals surface area contributed by atoms with Gasteiger partial charge in [0.1, 0.15) is 0 Å². The van der Waals surface area contributed by atoms with E-state index in [0.29, 0.717) is 19.1 Å². The van der Waals surface area contributed by atoms with Crippen molar-refractivity contribution in [2.45, 2.75) is 25.4 Å². The van der Waals surface area contributed by atoms with Crippen LogP contribution in [0.1, 0.15) is 19.3 Å². The van der Waals surface area contributed by atoms with Gasteiger partial charge in [-0.2, -0.15) is 0 Å². The number of methoxy groups -OCH3 is 1. The minimum Gasteiger partial charge on any atom is -0.393 e. The number of hydrogen-bond acceptors (Lipinski definition) is 3. The van der Waals surface area contributed by atoms with Crippen LogP contribution in [0.3, 0.4) is 0 Å². The Hall–Kier alpha value is -0.120. The molecule has 0 aromatic carbocycles. The van der Waals surface area contributed by atoms with Crippen molar-refractivity contribution in [1.29, 1.82) is 0 Å². The van der Waals surface area contributed by atoms with E-state index in [1.807, 2.05) is 0 Å². The molecular weight excluding hydrogens is 156 g/mol. The topological polar surface area (TPSA) is 38.7 Å². The molecule has 0 saturated carbocycles. The van der Waals surface area contributed by atoms with Crippen molar-refractivity contribution in [3.63, 3.8) is 0 Å². The molecule has 1 aliphatic rings. The first-order chi connectivity index (χ1) is 5.84. The van der Waals surface area contributed by atoms with Gasteiger partial charge >= 0.3 is 0 Å². The first-order valence-electron chi connectivity index (χ1n) is 4.59. The minimum absolute atomic E-state index is 0.245. The lowest BCUT2D eigenvalue weighted by molar-refractivity contribution is -0.0194.